The first-order valence-electron chi connectivity index (χ1n) is 7.47. The van der Waals surface area contributed by atoms with Crippen LogP contribution in [0.15, 0.2) is 52.6 Å². The number of hydrogen-bond acceptors (Lipinski definition) is 5. The van der Waals surface area contributed by atoms with Crippen molar-refractivity contribution >= 4 is 5.97 Å². The van der Waals surface area contributed by atoms with Gasteiger partial charge in [-0.3, -0.25) is 4.79 Å². The molecule has 24 heavy (non-hydrogen) atoms. The maximum atomic E-state index is 12.8. The molecule has 1 atom stereocenters. The Bertz CT molecular complexity index is 897. The topological polar surface area (TPSA) is 83.5 Å². The van der Waals surface area contributed by atoms with E-state index >= 15 is 0 Å². The van der Waals surface area contributed by atoms with E-state index in [1.807, 2.05) is 30.3 Å². The second-order valence-corrected chi connectivity index (χ2v) is 5.64. The number of pyridine rings is 1. The van der Waals surface area contributed by atoms with Gasteiger partial charge in [0.15, 0.2) is 0 Å². The summed E-state index contributed by atoms with van der Waals surface area (Å²) in [7, 11) is 2.95. The molecule has 2 heterocycles. The SMILES string of the molecule is COC(=O)C1=C(N)Oc2cc(C)n(C)c(=O)c2[C@H]1c1ccccc1. The Kier molecular flexibility index (Phi) is 3.89. The highest BCUT2D eigenvalue weighted by atomic mass is 16.5. The fourth-order valence-electron chi connectivity index (χ4n) is 2.93. The summed E-state index contributed by atoms with van der Waals surface area (Å²) in [6.45, 7) is 1.80. The van der Waals surface area contributed by atoms with Crippen LogP contribution >= 0.6 is 0 Å². The van der Waals surface area contributed by atoms with Crippen LogP contribution in [0.4, 0.5) is 0 Å². The lowest BCUT2D eigenvalue weighted by atomic mass is 9.83. The predicted octanol–water partition coefficient (Wildman–Crippen LogP) is 1.56. The number of fused-ring (bicyclic) bond motifs is 1. The lowest BCUT2D eigenvalue weighted by Gasteiger charge is -2.28. The van der Waals surface area contributed by atoms with E-state index in [4.69, 9.17) is 15.2 Å². The minimum Gasteiger partial charge on any atom is -0.465 e. The quantitative estimate of drug-likeness (QED) is 0.847. The number of ether oxygens (including phenoxy) is 2. The fraction of sp³-hybridized carbons (Fsp3) is 0.222. The minimum absolute atomic E-state index is 0.0455. The van der Waals surface area contributed by atoms with E-state index in [0.29, 0.717) is 11.3 Å². The third kappa shape index (κ3) is 2.36. The maximum absolute atomic E-state index is 12.8. The van der Waals surface area contributed by atoms with Crippen LogP contribution in [-0.4, -0.2) is 17.6 Å². The van der Waals surface area contributed by atoms with Crippen molar-refractivity contribution in [2.75, 3.05) is 7.11 Å². The summed E-state index contributed by atoms with van der Waals surface area (Å²) in [4.78, 5) is 25.1. The largest absolute Gasteiger partial charge is 0.465 e. The maximum Gasteiger partial charge on any atom is 0.340 e. The summed E-state index contributed by atoms with van der Waals surface area (Å²) >= 11 is 0. The fourth-order valence-corrected chi connectivity index (χ4v) is 2.93. The Balaban J connectivity index is 2.35. The summed E-state index contributed by atoms with van der Waals surface area (Å²) in [5, 5.41) is 0. The number of esters is 1. The van der Waals surface area contributed by atoms with E-state index in [2.05, 4.69) is 0 Å². The van der Waals surface area contributed by atoms with Crippen LogP contribution in [-0.2, 0) is 16.6 Å². The van der Waals surface area contributed by atoms with Gasteiger partial charge in [0, 0.05) is 18.8 Å². The molecule has 0 saturated carbocycles. The molecule has 124 valence electrons. The zero-order chi connectivity index (χ0) is 17.4. The number of aryl methyl sites for hydroxylation is 1. The highest BCUT2D eigenvalue weighted by Crippen LogP contribution is 2.40. The standard InChI is InChI=1S/C18H18N2O4/c1-10-9-12-14(17(21)20(10)2)13(11-7-5-4-6-8-11)15(16(19)24-12)18(22)23-3/h4-9,13H,19H2,1-3H3/t13-/m1/s1. The van der Waals surface area contributed by atoms with Crippen LogP contribution in [0.3, 0.4) is 0 Å². The van der Waals surface area contributed by atoms with Gasteiger partial charge in [-0.05, 0) is 12.5 Å². The number of methoxy groups -OCH3 is 1. The van der Waals surface area contributed by atoms with Gasteiger partial charge < -0.3 is 19.8 Å². The molecular formula is C18H18N2O4. The van der Waals surface area contributed by atoms with Gasteiger partial charge >= 0.3 is 5.97 Å². The summed E-state index contributed by atoms with van der Waals surface area (Å²) < 4.78 is 12.0. The Labute approximate surface area is 139 Å². The molecule has 1 aliphatic rings. The van der Waals surface area contributed by atoms with Crippen LogP contribution in [0.2, 0.25) is 0 Å². The number of carbonyl (C=O) groups excluding carboxylic acids is 1. The number of hydrogen-bond donors (Lipinski definition) is 1. The smallest absolute Gasteiger partial charge is 0.340 e. The Morgan fingerprint density at radius 3 is 2.58 bits per heavy atom. The summed E-state index contributed by atoms with van der Waals surface area (Å²) in [5.41, 5.74) is 7.78. The van der Waals surface area contributed by atoms with Crippen molar-refractivity contribution < 1.29 is 14.3 Å². The normalized spacial score (nSPS) is 16.4. The average molecular weight is 326 g/mol. The zero-order valence-corrected chi connectivity index (χ0v) is 13.7. The molecular weight excluding hydrogens is 308 g/mol. The van der Waals surface area contributed by atoms with Crippen molar-refractivity contribution in [2.24, 2.45) is 12.8 Å². The van der Waals surface area contributed by atoms with Gasteiger partial charge in [0.25, 0.3) is 5.56 Å². The van der Waals surface area contributed by atoms with E-state index < -0.39 is 11.9 Å². The molecule has 6 nitrogen and oxygen atoms in total. The number of nitrogens with zero attached hydrogens (tertiary/aromatic N) is 1. The van der Waals surface area contributed by atoms with Crippen LogP contribution < -0.4 is 16.0 Å². The number of rotatable bonds is 2. The van der Waals surface area contributed by atoms with Gasteiger partial charge in [0.2, 0.25) is 5.88 Å². The molecule has 0 spiro atoms. The molecule has 1 aromatic carbocycles. The van der Waals surface area contributed by atoms with Crippen molar-refractivity contribution in [1.29, 1.82) is 0 Å². The van der Waals surface area contributed by atoms with Crippen LogP contribution in [0, 0.1) is 6.92 Å². The molecule has 1 aromatic heterocycles. The van der Waals surface area contributed by atoms with Crippen molar-refractivity contribution in [3.05, 3.63) is 75.0 Å². The van der Waals surface area contributed by atoms with E-state index in [1.54, 1.807) is 20.0 Å². The molecule has 2 aromatic rings. The van der Waals surface area contributed by atoms with Gasteiger partial charge in [-0.25, -0.2) is 4.79 Å². The monoisotopic (exact) mass is 326 g/mol. The highest BCUT2D eigenvalue weighted by Gasteiger charge is 2.37. The van der Waals surface area contributed by atoms with Crippen molar-refractivity contribution in [3.63, 3.8) is 0 Å². The second kappa shape index (κ2) is 5.88. The van der Waals surface area contributed by atoms with Gasteiger partial charge in [-0.2, -0.15) is 0 Å². The van der Waals surface area contributed by atoms with Crippen LogP contribution in [0.1, 0.15) is 22.7 Å². The molecule has 0 fully saturated rings. The second-order valence-electron chi connectivity index (χ2n) is 5.64. The number of aromatic nitrogens is 1. The van der Waals surface area contributed by atoms with Gasteiger partial charge in [-0.1, -0.05) is 30.3 Å². The van der Waals surface area contributed by atoms with E-state index in [0.717, 1.165) is 11.3 Å². The van der Waals surface area contributed by atoms with Gasteiger partial charge in [0.1, 0.15) is 11.3 Å². The Morgan fingerprint density at radius 1 is 1.29 bits per heavy atom. The molecule has 0 aliphatic carbocycles. The first-order valence-corrected chi connectivity index (χ1v) is 7.47. The van der Waals surface area contributed by atoms with E-state index in [1.165, 1.54) is 11.7 Å². The van der Waals surface area contributed by atoms with Gasteiger partial charge in [0.05, 0.1) is 18.6 Å². The Hall–Kier alpha value is -3.02. The summed E-state index contributed by atoms with van der Waals surface area (Å²) in [5.74, 6) is -0.929. The molecule has 2 N–H and O–H groups in total. The zero-order valence-electron chi connectivity index (χ0n) is 13.7. The summed E-state index contributed by atoms with van der Waals surface area (Å²) in [6, 6.07) is 11.0. The van der Waals surface area contributed by atoms with Crippen molar-refractivity contribution in [1.82, 2.24) is 4.57 Å². The molecule has 1 aliphatic heterocycles. The minimum atomic E-state index is -0.637. The third-order valence-corrected chi connectivity index (χ3v) is 4.27. The van der Waals surface area contributed by atoms with Crippen LogP contribution in [0.25, 0.3) is 0 Å². The van der Waals surface area contributed by atoms with E-state index in [9.17, 15) is 9.59 Å². The Morgan fingerprint density at radius 2 is 1.96 bits per heavy atom. The number of carbonyl (C=O) groups is 1. The molecule has 0 radical (unpaired) electrons. The first-order chi connectivity index (χ1) is 11.5. The summed E-state index contributed by atoms with van der Waals surface area (Å²) in [6.07, 6.45) is 0. The first kappa shape index (κ1) is 15.9. The molecule has 0 amide bonds. The average Bonchev–Trinajstić information content (AvgIpc) is 2.59. The molecule has 0 unspecified atom stereocenters. The highest BCUT2D eigenvalue weighted by molar-refractivity contribution is 5.92. The lowest BCUT2D eigenvalue weighted by Crippen LogP contribution is -2.34. The lowest BCUT2D eigenvalue weighted by molar-refractivity contribution is -0.136. The van der Waals surface area contributed by atoms with Gasteiger partial charge in [-0.15, -0.1) is 0 Å². The molecule has 6 heteroatoms. The van der Waals surface area contributed by atoms with Crippen LogP contribution in [0.5, 0.6) is 5.75 Å². The number of nitrogens with two attached hydrogens (primary N) is 1. The molecule has 0 saturated heterocycles. The van der Waals surface area contributed by atoms with E-state index in [-0.39, 0.29) is 17.0 Å². The molecule has 3 rings (SSSR count). The van der Waals surface area contributed by atoms with Crippen molar-refractivity contribution in [2.45, 2.75) is 12.8 Å². The van der Waals surface area contributed by atoms with Crippen molar-refractivity contribution in [3.8, 4) is 5.75 Å². The molecule has 0 bridgehead atoms. The third-order valence-electron chi connectivity index (χ3n) is 4.27. The number of benzene rings is 1. The predicted molar refractivity (Wildman–Crippen MR) is 88.6 cm³/mol.